The number of hydrogen-bond donors (Lipinski definition) is 3. The van der Waals surface area contributed by atoms with Crippen LogP contribution in [0.2, 0.25) is 0 Å². The Hall–Kier alpha value is -1.91. The second-order valence-corrected chi connectivity index (χ2v) is 3.99. The van der Waals surface area contributed by atoms with Gasteiger partial charge in [0.05, 0.1) is 6.61 Å². The van der Waals surface area contributed by atoms with Crippen molar-refractivity contribution in [2.75, 3.05) is 18.5 Å². The number of rotatable bonds is 8. The molecule has 0 bridgehead atoms. The van der Waals surface area contributed by atoms with E-state index in [1.165, 1.54) is 0 Å². The first-order chi connectivity index (χ1) is 8.76. The molecule has 0 unspecified atom stereocenters. The van der Waals surface area contributed by atoms with Gasteiger partial charge in [-0.25, -0.2) is 0 Å². The molecular weight excluding hydrogens is 230 g/mol. The molecule has 0 aromatic heterocycles. The predicted octanol–water partition coefficient (Wildman–Crippen LogP) is 2.41. The van der Waals surface area contributed by atoms with Crippen molar-refractivity contribution in [3.8, 4) is 5.75 Å². The number of hydrogen-bond acceptors (Lipinski definition) is 4. The zero-order chi connectivity index (χ0) is 13.2. The molecule has 0 amide bonds. The first kappa shape index (κ1) is 14.2. The molecule has 1 aromatic rings. The van der Waals surface area contributed by atoms with Crippen LogP contribution in [0.1, 0.15) is 26.2 Å². The van der Waals surface area contributed by atoms with Crippen LogP contribution in [-0.2, 0) is 0 Å². The maximum absolute atomic E-state index is 8.38. The maximum Gasteiger partial charge on any atom is 0.139 e. The van der Waals surface area contributed by atoms with E-state index in [9.17, 15) is 0 Å². The highest BCUT2D eigenvalue weighted by molar-refractivity contribution is 5.79. The Kier molecular flexibility index (Phi) is 6.46. The summed E-state index contributed by atoms with van der Waals surface area (Å²) in [7, 11) is 0. The van der Waals surface area contributed by atoms with Gasteiger partial charge >= 0.3 is 0 Å². The third-order valence-corrected chi connectivity index (χ3v) is 2.39. The number of ether oxygens (including phenoxy) is 1. The van der Waals surface area contributed by atoms with Gasteiger partial charge in [0, 0.05) is 18.7 Å². The smallest absolute Gasteiger partial charge is 0.139 e. The lowest BCUT2D eigenvalue weighted by atomic mass is 10.2. The molecule has 0 radical (unpaired) electrons. The van der Waals surface area contributed by atoms with Gasteiger partial charge in [-0.3, -0.25) is 0 Å². The largest absolute Gasteiger partial charge is 0.494 e. The molecule has 0 atom stereocenters. The molecule has 0 saturated heterocycles. The molecular formula is C13H21N3O2. The van der Waals surface area contributed by atoms with E-state index in [0.29, 0.717) is 6.42 Å². The summed E-state index contributed by atoms with van der Waals surface area (Å²) in [5.74, 6) is 1.15. The average molecular weight is 251 g/mol. The van der Waals surface area contributed by atoms with Crippen LogP contribution in [-0.4, -0.2) is 24.2 Å². The average Bonchev–Trinajstić information content (AvgIpc) is 2.42. The number of oxime groups is 1. The summed E-state index contributed by atoms with van der Waals surface area (Å²) in [6.45, 7) is 3.61. The SMILES string of the molecule is CCCOc1ccc(NCCC/C(N)=N/O)cc1. The maximum atomic E-state index is 8.38. The molecule has 18 heavy (non-hydrogen) atoms. The monoisotopic (exact) mass is 251 g/mol. The summed E-state index contributed by atoms with van der Waals surface area (Å²) >= 11 is 0. The van der Waals surface area contributed by atoms with Crippen molar-refractivity contribution >= 4 is 11.5 Å². The third kappa shape index (κ3) is 5.43. The Morgan fingerprint density at radius 3 is 2.72 bits per heavy atom. The van der Waals surface area contributed by atoms with Crippen molar-refractivity contribution < 1.29 is 9.94 Å². The second-order valence-electron chi connectivity index (χ2n) is 3.99. The summed E-state index contributed by atoms with van der Waals surface area (Å²) in [5, 5.41) is 14.6. The van der Waals surface area contributed by atoms with Crippen LogP contribution in [0.25, 0.3) is 0 Å². The minimum atomic E-state index is 0.264. The van der Waals surface area contributed by atoms with Gasteiger partial charge in [0.15, 0.2) is 0 Å². The second kappa shape index (κ2) is 8.22. The first-order valence-electron chi connectivity index (χ1n) is 6.19. The van der Waals surface area contributed by atoms with Crippen LogP contribution in [0.15, 0.2) is 29.4 Å². The summed E-state index contributed by atoms with van der Waals surface area (Å²) < 4.78 is 5.49. The van der Waals surface area contributed by atoms with Crippen molar-refractivity contribution in [3.05, 3.63) is 24.3 Å². The lowest BCUT2D eigenvalue weighted by molar-refractivity contribution is 0.316. The van der Waals surface area contributed by atoms with E-state index in [-0.39, 0.29) is 5.84 Å². The normalized spacial score (nSPS) is 11.3. The van der Waals surface area contributed by atoms with Crippen LogP contribution >= 0.6 is 0 Å². The van der Waals surface area contributed by atoms with E-state index in [4.69, 9.17) is 15.7 Å². The number of benzene rings is 1. The summed E-state index contributed by atoms with van der Waals surface area (Å²) in [4.78, 5) is 0. The molecule has 5 nitrogen and oxygen atoms in total. The minimum Gasteiger partial charge on any atom is -0.494 e. The van der Waals surface area contributed by atoms with Gasteiger partial charge in [0.25, 0.3) is 0 Å². The Morgan fingerprint density at radius 1 is 1.39 bits per heavy atom. The molecule has 0 fully saturated rings. The summed E-state index contributed by atoms with van der Waals surface area (Å²) in [6.07, 6.45) is 2.42. The van der Waals surface area contributed by atoms with E-state index in [1.54, 1.807) is 0 Å². The van der Waals surface area contributed by atoms with E-state index >= 15 is 0 Å². The molecule has 0 saturated carbocycles. The molecule has 0 aliphatic heterocycles. The predicted molar refractivity (Wildman–Crippen MR) is 73.4 cm³/mol. The van der Waals surface area contributed by atoms with E-state index in [2.05, 4.69) is 17.4 Å². The van der Waals surface area contributed by atoms with Gasteiger partial charge in [0.1, 0.15) is 11.6 Å². The highest BCUT2D eigenvalue weighted by Gasteiger charge is 1.96. The number of nitrogens with zero attached hydrogens (tertiary/aromatic N) is 1. The highest BCUT2D eigenvalue weighted by atomic mass is 16.5. The zero-order valence-corrected chi connectivity index (χ0v) is 10.7. The molecule has 4 N–H and O–H groups in total. The number of anilines is 1. The topological polar surface area (TPSA) is 79.9 Å². The Morgan fingerprint density at radius 2 is 2.11 bits per heavy atom. The molecule has 0 aliphatic rings. The van der Waals surface area contributed by atoms with Crippen LogP contribution in [0, 0.1) is 0 Å². The van der Waals surface area contributed by atoms with Crippen LogP contribution in [0.4, 0.5) is 5.69 Å². The Labute approximate surface area is 108 Å². The standard InChI is InChI=1S/C13H21N3O2/c1-2-10-18-12-7-5-11(6-8-12)15-9-3-4-13(14)16-17/h5-8,15,17H,2-4,9-10H2,1H3,(H2,14,16). The van der Waals surface area contributed by atoms with Crippen molar-refractivity contribution in [1.29, 1.82) is 0 Å². The number of amidine groups is 1. The van der Waals surface area contributed by atoms with Gasteiger partial charge in [0.2, 0.25) is 0 Å². The van der Waals surface area contributed by atoms with Crippen molar-refractivity contribution in [3.63, 3.8) is 0 Å². The minimum absolute atomic E-state index is 0.264. The fourth-order valence-electron chi connectivity index (χ4n) is 1.44. The molecule has 0 spiro atoms. The molecule has 5 heteroatoms. The van der Waals surface area contributed by atoms with Crippen LogP contribution < -0.4 is 15.8 Å². The Bertz CT molecular complexity index is 363. The molecule has 1 rings (SSSR count). The van der Waals surface area contributed by atoms with E-state index in [1.807, 2.05) is 24.3 Å². The van der Waals surface area contributed by atoms with Gasteiger partial charge in [-0.05, 0) is 37.1 Å². The Balaban J connectivity index is 2.26. The van der Waals surface area contributed by atoms with Crippen molar-refractivity contribution in [2.24, 2.45) is 10.9 Å². The highest BCUT2D eigenvalue weighted by Crippen LogP contribution is 2.15. The molecule has 0 aliphatic carbocycles. The van der Waals surface area contributed by atoms with E-state index < -0.39 is 0 Å². The quantitative estimate of drug-likeness (QED) is 0.218. The summed E-state index contributed by atoms with van der Waals surface area (Å²) in [6, 6.07) is 7.85. The number of nitrogens with one attached hydrogen (secondary N) is 1. The van der Waals surface area contributed by atoms with Crippen LogP contribution in [0.5, 0.6) is 5.75 Å². The third-order valence-electron chi connectivity index (χ3n) is 2.39. The zero-order valence-electron chi connectivity index (χ0n) is 10.7. The van der Waals surface area contributed by atoms with Gasteiger partial charge in [-0.15, -0.1) is 0 Å². The van der Waals surface area contributed by atoms with Gasteiger partial charge < -0.3 is 21.0 Å². The van der Waals surface area contributed by atoms with Crippen molar-refractivity contribution in [2.45, 2.75) is 26.2 Å². The number of nitrogens with two attached hydrogens (primary N) is 1. The van der Waals surface area contributed by atoms with Crippen LogP contribution in [0.3, 0.4) is 0 Å². The van der Waals surface area contributed by atoms with Crippen molar-refractivity contribution in [1.82, 2.24) is 0 Å². The fraction of sp³-hybridized carbons (Fsp3) is 0.462. The fourth-order valence-corrected chi connectivity index (χ4v) is 1.44. The first-order valence-corrected chi connectivity index (χ1v) is 6.19. The lowest BCUT2D eigenvalue weighted by Gasteiger charge is -2.08. The van der Waals surface area contributed by atoms with Gasteiger partial charge in [-0.2, -0.15) is 0 Å². The lowest BCUT2D eigenvalue weighted by Crippen LogP contribution is -2.13. The summed E-state index contributed by atoms with van der Waals surface area (Å²) in [5.41, 5.74) is 6.41. The molecule has 1 aromatic carbocycles. The molecule has 100 valence electrons. The van der Waals surface area contributed by atoms with Gasteiger partial charge in [-0.1, -0.05) is 12.1 Å². The van der Waals surface area contributed by atoms with E-state index in [0.717, 1.165) is 37.4 Å². The molecule has 0 heterocycles.